The zero-order valence-electron chi connectivity index (χ0n) is 18.2. The Balaban J connectivity index is 1.28. The Labute approximate surface area is 188 Å². The van der Waals surface area contributed by atoms with E-state index in [-0.39, 0.29) is 41.7 Å². The van der Waals surface area contributed by atoms with Gasteiger partial charge in [-0.1, -0.05) is 12.5 Å². The molecule has 0 radical (unpaired) electrons. The monoisotopic (exact) mass is 466 g/mol. The number of imide groups is 1. The minimum atomic E-state index is -3.27. The van der Waals surface area contributed by atoms with Gasteiger partial charge < -0.3 is 9.64 Å². The van der Waals surface area contributed by atoms with Crippen LogP contribution in [0.15, 0.2) is 18.2 Å². The highest BCUT2D eigenvalue weighted by molar-refractivity contribution is 7.91. The number of ether oxygens (including phenoxy) is 1. The van der Waals surface area contributed by atoms with E-state index >= 15 is 0 Å². The molecule has 0 unspecified atom stereocenters. The van der Waals surface area contributed by atoms with Gasteiger partial charge in [-0.05, 0) is 68.1 Å². The Morgan fingerprint density at radius 2 is 1.91 bits per heavy atom. The molecule has 1 aromatic carbocycles. The number of urea groups is 1. The van der Waals surface area contributed by atoms with Gasteiger partial charge in [0.25, 0.3) is 0 Å². The molecule has 3 aliphatic rings. The van der Waals surface area contributed by atoms with Crippen molar-refractivity contribution in [2.24, 2.45) is 11.8 Å². The van der Waals surface area contributed by atoms with Gasteiger partial charge in [0.15, 0.2) is 21.4 Å². The molecule has 32 heavy (non-hydrogen) atoms. The lowest BCUT2D eigenvalue weighted by Crippen LogP contribution is -2.29. The number of halogens is 1. The van der Waals surface area contributed by atoms with Crippen LogP contribution >= 0.6 is 0 Å². The summed E-state index contributed by atoms with van der Waals surface area (Å²) >= 11 is 0. The Morgan fingerprint density at radius 3 is 2.56 bits per heavy atom. The van der Waals surface area contributed by atoms with Gasteiger partial charge in [0.2, 0.25) is 5.91 Å². The number of sulfone groups is 1. The van der Waals surface area contributed by atoms with Crippen LogP contribution in [0.5, 0.6) is 5.75 Å². The smallest absolute Gasteiger partial charge is 0.324 e. The van der Waals surface area contributed by atoms with E-state index in [9.17, 15) is 22.4 Å². The number of benzene rings is 1. The van der Waals surface area contributed by atoms with E-state index in [1.54, 1.807) is 12.1 Å². The standard InChI is InChI=1S/C23H31FN2O5S/c24-20-9-8-18(12-21(20)31-14-16-4-5-16)19(17-6-7-17)15-32(29,30)11-3-1-2-10-26-13-22(27)25-23(26)28/h8-9,12,16-17,19H,1-7,10-11,13-15H2,(H,25,27,28)/t19-/m1/s1. The van der Waals surface area contributed by atoms with Crippen LogP contribution in [0.4, 0.5) is 9.18 Å². The first-order valence-corrected chi connectivity index (χ1v) is 13.3. The average Bonchev–Trinajstić information content (AvgIpc) is 3.65. The lowest BCUT2D eigenvalue weighted by atomic mass is 9.96. The third-order valence-corrected chi connectivity index (χ3v) is 8.21. The molecule has 9 heteroatoms. The van der Waals surface area contributed by atoms with Crippen LogP contribution in [0.3, 0.4) is 0 Å². The maximum atomic E-state index is 14.2. The molecule has 3 amide bonds. The SMILES string of the molecule is O=C1CN(CCCCCS(=O)(=O)C[C@@H](c2ccc(F)c(OCC3CC3)c2)C2CC2)C(=O)N1. The quantitative estimate of drug-likeness (QED) is 0.356. The largest absolute Gasteiger partial charge is 0.490 e. The summed E-state index contributed by atoms with van der Waals surface area (Å²) in [7, 11) is -3.27. The number of unbranched alkanes of at least 4 members (excludes halogenated alkanes) is 2. The van der Waals surface area contributed by atoms with Crippen molar-refractivity contribution in [2.45, 2.75) is 50.9 Å². The molecule has 0 aromatic heterocycles. The van der Waals surface area contributed by atoms with E-state index in [0.29, 0.717) is 44.2 Å². The summed E-state index contributed by atoms with van der Waals surface area (Å²) in [5, 5.41) is 2.23. The number of hydrogen-bond donors (Lipinski definition) is 1. The minimum Gasteiger partial charge on any atom is -0.490 e. The first-order chi connectivity index (χ1) is 15.3. The first-order valence-electron chi connectivity index (χ1n) is 11.5. The number of hydrogen-bond acceptors (Lipinski definition) is 5. The number of nitrogens with zero attached hydrogens (tertiary/aromatic N) is 1. The molecule has 1 heterocycles. The van der Waals surface area contributed by atoms with E-state index in [4.69, 9.17) is 4.74 Å². The normalized spacial score (nSPS) is 19.8. The van der Waals surface area contributed by atoms with Crippen LogP contribution < -0.4 is 10.1 Å². The van der Waals surface area contributed by atoms with Crippen molar-refractivity contribution in [3.63, 3.8) is 0 Å². The van der Waals surface area contributed by atoms with Crippen molar-refractivity contribution >= 4 is 21.8 Å². The van der Waals surface area contributed by atoms with Crippen LogP contribution in [-0.2, 0) is 14.6 Å². The summed E-state index contributed by atoms with van der Waals surface area (Å²) in [6, 6.07) is 4.40. The third-order valence-electron chi connectivity index (χ3n) is 6.43. The summed E-state index contributed by atoms with van der Waals surface area (Å²) in [4.78, 5) is 24.2. The van der Waals surface area contributed by atoms with Gasteiger partial charge in [0, 0.05) is 12.5 Å². The van der Waals surface area contributed by atoms with Gasteiger partial charge in [-0.25, -0.2) is 17.6 Å². The predicted molar refractivity (Wildman–Crippen MR) is 118 cm³/mol. The fourth-order valence-electron chi connectivity index (χ4n) is 4.18. The summed E-state index contributed by atoms with van der Waals surface area (Å²) in [6.45, 7) is 1.03. The van der Waals surface area contributed by atoms with Crippen LogP contribution in [0.1, 0.15) is 56.4 Å². The lowest BCUT2D eigenvalue weighted by Gasteiger charge is -2.19. The maximum Gasteiger partial charge on any atom is 0.324 e. The molecule has 7 nitrogen and oxygen atoms in total. The van der Waals surface area contributed by atoms with Gasteiger partial charge >= 0.3 is 6.03 Å². The van der Waals surface area contributed by atoms with Crippen molar-refractivity contribution < 1.29 is 27.1 Å². The second-order valence-corrected chi connectivity index (χ2v) is 11.6. The Morgan fingerprint density at radius 1 is 1.12 bits per heavy atom. The molecular weight excluding hydrogens is 435 g/mol. The number of carbonyl (C=O) groups excluding carboxylic acids is 2. The molecular formula is C23H31FN2O5S. The highest BCUT2D eigenvalue weighted by Gasteiger charge is 2.36. The second kappa shape index (κ2) is 9.77. The highest BCUT2D eigenvalue weighted by Crippen LogP contribution is 2.44. The molecule has 2 saturated carbocycles. The molecule has 0 spiro atoms. The molecule has 3 fully saturated rings. The van der Waals surface area contributed by atoms with Gasteiger partial charge in [0.1, 0.15) is 6.54 Å². The predicted octanol–water partition coefficient (Wildman–Crippen LogP) is 3.25. The Hall–Kier alpha value is -2.16. The first kappa shape index (κ1) is 23.0. The fourth-order valence-corrected chi connectivity index (χ4v) is 6.00. The van der Waals surface area contributed by atoms with E-state index in [1.165, 1.54) is 11.0 Å². The fraction of sp³-hybridized carbons (Fsp3) is 0.652. The summed E-state index contributed by atoms with van der Waals surface area (Å²) in [5.41, 5.74) is 0.841. The van der Waals surface area contributed by atoms with Crippen LogP contribution in [0.25, 0.3) is 0 Å². The molecule has 4 rings (SSSR count). The summed E-state index contributed by atoms with van der Waals surface area (Å²) < 4.78 is 45.4. The molecule has 1 aromatic rings. The number of rotatable bonds is 13. The lowest BCUT2D eigenvalue weighted by molar-refractivity contribution is -0.118. The second-order valence-electron chi connectivity index (χ2n) is 9.34. The molecule has 1 aliphatic heterocycles. The Bertz CT molecular complexity index is 959. The van der Waals surface area contributed by atoms with E-state index in [2.05, 4.69) is 5.32 Å². The van der Waals surface area contributed by atoms with Crippen molar-refractivity contribution in [3.05, 3.63) is 29.6 Å². The van der Waals surface area contributed by atoms with Gasteiger partial charge in [-0.15, -0.1) is 0 Å². The molecule has 1 saturated heterocycles. The number of amides is 3. The van der Waals surface area contributed by atoms with Crippen molar-refractivity contribution in [2.75, 3.05) is 31.2 Å². The zero-order valence-corrected chi connectivity index (χ0v) is 19.0. The summed E-state index contributed by atoms with van der Waals surface area (Å²) in [5.74, 6) is 0.369. The van der Waals surface area contributed by atoms with Crippen molar-refractivity contribution in [1.82, 2.24) is 10.2 Å². The average molecular weight is 467 g/mol. The molecule has 1 atom stereocenters. The van der Waals surface area contributed by atoms with Crippen LogP contribution in [0, 0.1) is 17.7 Å². The molecule has 176 valence electrons. The van der Waals surface area contributed by atoms with Crippen molar-refractivity contribution in [1.29, 1.82) is 0 Å². The topological polar surface area (TPSA) is 92.8 Å². The highest BCUT2D eigenvalue weighted by atomic mass is 32.2. The van der Waals surface area contributed by atoms with Gasteiger partial charge in [-0.2, -0.15) is 0 Å². The van der Waals surface area contributed by atoms with E-state index in [1.807, 2.05) is 0 Å². The molecule has 1 N–H and O–H groups in total. The number of nitrogens with one attached hydrogen (secondary N) is 1. The number of carbonyl (C=O) groups is 2. The molecule has 2 aliphatic carbocycles. The zero-order chi connectivity index (χ0) is 22.7. The van der Waals surface area contributed by atoms with Crippen LogP contribution in [-0.4, -0.2) is 56.5 Å². The van der Waals surface area contributed by atoms with E-state index in [0.717, 1.165) is 31.2 Å². The van der Waals surface area contributed by atoms with Crippen LogP contribution in [0.2, 0.25) is 0 Å². The minimum absolute atomic E-state index is 0.0639. The van der Waals surface area contributed by atoms with Gasteiger partial charge in [0.05, 0.1) is 18.1 Å². The molecule has 0 bridgehead atoms. The maximum absolute atomic E-state index is 14.2. The third kappa shape index (κ3) is 6.43. The Kier molecular flexibility index (Phi) is 7.02. The van der Waals surface area contributed by atoms with E-state index < -0.39 is 15.7 Å². The van der Waals surface area contributed by atoms with Crippen molar-refractivity contribution in [3.8, 4) is 5.75 Å². The van der Waals surface area contributed by atoms with Gasteiger partial charge in [-0.3, -0.25) is 10.1 Å². The summed E-state index contributed by atoms with van der Waals surface area (Å²) in [6.07, 6.45) is 6.06.